The summed E-state index contributed by atoms with van der Waals surface area (Å²) in [4.78, 5) is 17.2. The number of aliphatic hydroxyl groups is 1. The van der Waals surface area contributed by atoms with Crippen LogP contribution in [0, 0.1) is 0 Å². The molecule has 2 aromatic rings. The Morgan fingerprint density at radius 2 is 2.10 bits per heavy atom. The third-order valence-electron chi connectivity index (χ3n) is 3.21. The second-order valence-electron chi connectivity index (χ2n) is 4.91. The number of carbonyl (C=O) groups is 1. The first-order valence-electron chi connectivity index (χ1n) is 6.51. The van der Waals surface area contributed by atoms with Crippen molar-refractivity contribution in [3.05, 3.63) is 36.0 Å². The van der Waals surface area contributed by atoms with Gasteiger partial charge >= 0.3 is 5.97 Å². The number of aliphatic hydroxyl groups excluding tert-OH is 1. The molecule has 0 bridgehead atoms. The number of carboxylic acids is 1. The van der Waals surface area contributed by atoms with Gasteiger partial charge in [-0.15, -0.1) is 0 Å². The van der Waals surface area contributed by atoms with E-state index in [2.05, 4.69) is 4.98 Å². The number of aromatic carboxylic acids is 1. The highest BCUT2D eigenvalue weighted by molar-refractivity contribution is 5.97. The van der Waals surface area contributed by atoms with Gasteiger partial charge in [-0.1, -0.05) is 18.2 Å². The van der Waals surface area contributed by atoms with Gasteiger partial charge < -0.3 is 15.1 Å². The van der Waals surface area contributed by atoms with Crippen molar-refractivity contribution in [1.29, 1.82) is 0 Å². The predicted octanol–water partition coefficient (Wildman–Crippen LogP) is 2.14. The van der Waals surface area contributed by atoms with Gasteiger partial charge in [-0.05, 0) is 25.5 Å². The first-order chi connectivity index (χ1) is 9.49. The van der Waals surface area contributed by atoms with Crippen LogP contribution in [0.25, 0.3) is 10.9 Å². The monoisotopic (exact) mass is 274 g/mol. The molecule has 0 saturated heterocycles. The van der Waals surface area contributed by atoms with Crippen molar-refractivity contribution < 1.29 is 15.0 Å². The van der Waals surface area contributed by atoms with Gasteiger partial charge in [-0.3, -0.25) is 0 Å². The Labute approximate surface area is 117 Å². The quantitative estimate of drug-likeness (QED) is 0.873. The van der Waals surface area contributed by atoms with Gasteiger partial charge in [0.25, 0.3) is 0 Å². The van der Waals surface area contributed by atoms with Crippen LogP contribution in [0.1, 0.15) is 23.8 Å². The summed E-state index contributed by atoms with van der Waals surface area (Å²) in [7, 11) is 1.88. The summed E-state index contributed by atoms with van der Waals surface area (Å²) in [5.74, 6) is -1.04. The molecule has 1 aromatic carbocycles. The second kappa shape index (κ2) is 5.88. The van der Waals surface area contributed by atoms with Crippen LogP contribution in [-0.2, 0) is 0 Å². The zero-order valence-electron chi connectivity index (χ0n) is 11.6. The Morgan fingerprint density at radius 3 is 2.75 bits per heavy atom. The van der Waals surface area contributed by atoms with Gasteiger partial charge in [0.05, 0.1) is 11.6 Å². The first-order valence-corrected chi connectivity index (χ1v) is 6.51. The van der Waals surface area contributed by atoms with E-state index in [0.717, 1.165) is 11.1 Å². The Balaban J connectivity index is 2.46. The van der Waals surface area contributed by atoms with Crippen molar-refractivity contribution in [2.24, 2.45) is 0 Å². The Bertz CT molecular complexity index is 626. The molecule has 5 nitrogen and oxygen atoms in total. The third-order valence-corrected chi connectivity index (χ3v) is 3.21. The third kappa shape index (κ3) is 3.05. The SMILES string of the molecule is CC(O)CCN(C)c1cc(C(=O)O)nc2ccccc12. The summed E-state index contributed by atoms with van der Waals surface area (Å²) in [5.41, 5.74) is 1.50. The summed E-state index contributed by atoms with van der Waals surface area (Å²) in [5, 5.41) is 19.4. The maximum Gasteiger partial charge on any atom is 0.354 e. The molecule has 0 radical (unpaired) electrons. The molecule has 0 aliphatic rings. The number of hydrogen-bond acceptors (Lipinski definition) is 4. The number of carboxylic acid groups (broad SMARTS) is 1. The van der Waals surface area contributed by atoms with Gasteiger partial charge in [0.15, 0.2) is 5.69 Å². The number of para-hydroxylation sites is 1. The second-order valence-corrected chi connectivity index (χ2v) is 4.91. The van der Waals surface area contributed by atoms with Crippen molar-refractivity contribution in [3.63, 3.8) is 0 Å². The smallest absolute Gasteiger partial charge is 0.354 e. The minimum atomic E-state index is -1.04. The van der Waals surface area contributed by atoms with Gasteiger partial charge in [-0.25, -0.2) is 9.78 Å². The van der Waals surface area contributed by atoms with Crippen LogP contribution in [0.2, 0.25) is 0 Å². The molecular formula is C15H18N2O3. The molecule has 0 amide bonds. The Hall–Kier alpha value is -2.14. The first kappa shape index (κ1) is 14.3. The zero-order valence-corrected chi connectivity index (χ0v) is 11.6. The molecule has 2 rings (SSSR count). The van der Waals surface area contributed by atoms with Crippen molar-refractivity contribution in [2.45, 2.75) is 19.4 Å². The van der Waals surface area contributed by atoms with Crippen LogP contribution in [-0.4, -0.2) is 40.9 Å². The lowest BCUT2D eigenvalue weighted by atomic mass is 10.1. The van der Waals surface area contributed by atoms with Crippen molar-refractivity contribution >= 4 is 22.6 Å². The summed E-state index contributed by atoms with van der Waals surface area (Å²) in [6.07, 6.45) is 0.236. The van der Waals surface area contributed by atoms with E-state index in [0.29, 0.717) is 18.5 Å². The van der Waals surface area contributed by atoms with Gasteiger partial charge in [0.1, 0.15) is 0 Å². The Kier molecular flexibility index (Phi) is 4.20. The molecule has 0 saturated carbocycles. The van der Waals surface area contributed by atoms with E-state index in [1.165, 1.54) is 0 Å². The normalized spacial score (nSPS) is 12.3. The number of rotatable bonds is 5. The van der Waals surface area contributed by atoms with Crippen LogP contribution >= 0.6 is 0 Å². The Morgan fingerprint density at radius 1 is 1.40 bits per heavy atom. The molecule has 0 fully saturated rings. The molecule has 1 atom stereocenters. The van der Waals surface area contributed by atoms with Gasteiger partial charge in [0.2, 0.25) is 0 Å². The highest BCUT2D eigenvalue weighted by Gasteiger charge is 2.13. The lowest BCUT2D eigenvalue weighted by Gasteiger charge is -2.22. The van der Waals surface area contributed by atoms with Crippen LogP contribution in [0.5, 0.6) is 0 Å². The van der Waals surface area contributed by atoms with E-state index in [9.17, 15) is 9.90 Å². The van der Waals surface area contributed by atoms with E-state index in [4.69, 9.17) is 5.11 Å². The largest absolute Gasteiger partial charge is 0.477 e. The maximum absolute atomic E-state index is 11.2. The predicted molar refractivity (Wildman–Crippen MR) is 78.3 cm³/mol. The lowest BCUT2D eigenvalue weighted by molar-refractivity contribution is 0.0691. The van der Waals surface area contributed by atoms with Crippen LogP contribution in [0.3, 0.4) is 0 Å². The van der Waals surface area contributed by atoms with Crippen molar-refractivity contribution in [1.82, 2.24) is 4.98 Å². The lowest BCUT2D eigenvalue weighted by Crippen LogP contribution is -2.22. The average Bonchev–Trinajstić information content (AvgIpc) is 2.43. The number of hydrogen-bond donors (Lipinski definition) is 2. The molecule has 0 spiro atoms. The molecule has 20 heavy (non-hydrogen) atoms. The van der Waals surface area contributed by atoms with Crippen LogP contribution in [0.4, 0.5) is 5.69 Å². The summed E-state index contributed by atoms with van der Waals surface area (Å²) >= 11 is 0. The van der Waals surface area contributed by atoms with E-state index in [-0.39, 0.29) is 11.8 Å². The molecule has 2 N–H and O–H groups in total. The van der Waals surface area contributed by atoms with Crippen molar-refractivity contribution in [3.8, 4) is 0 Å². The summed E-state index contributed by atoms with van der Waals surface area (Å²) in [6.45, 7) is 2.38. The topological polar surface area (TPSA) is 73.7 Å². The van der Waals surface area contributed by atoms with E-state index >= 15 is 0 Å². The minimum absolute atomic E-state index is 0.0302. The summed E-state index contributed by atoms with van der Waals surface area (Å²) in [6, 6.07) is 9.03. The van der Waals surface area contributed by atoms with Crippen molar-refractivity contribution in [2.75, 3.05) is 18.5 Å². The molecule has 106 valence electrons. The molecule has 1 unspecified atom stereocenters. The number of fused-ring (bicyclic) bond motifs is 1. The number of benzene rings is 1. The van der Waals surface area contributed by atoms with Gasteiger partial charge in [0, 0.05) is 24.7 Å². The highest BCUT2D eigenvalue weighted by atomic mass is 16.4. The van der Waals surface area contributed by atoms with E-state index in [1.54, 1.807) is 19.1 Å². The fourth-order valence-electron chi connectivity index (χ4n) is 2.08. The zero-order chi connectivity index (χ0) is 14.7. The molecule has 0 aliphatic heterocycles. The average molecular weight is 274 g/mol. The summed E-state index contributed by atoms with van der Waals surface area (Å²) < 4.78 is 0. The number of aromatic nitrogens is 1. The molecule has 1 aromatic heterocycles. The van der Waals surface area contributed by atoms with Gasteiger partial charge in [-0.2, -0.15) is 0 Å². The van der Waals surface area contributed by atoms with Crippen LogP contribution in [0.15, 0.2) is 30.3 Å². The fourth-order valence-corrected chi connectivity index (χ4v) is 2.08. The minimum Gasteiger partial charge on any atom is -0.477 e. The number of nitrogens with zero attached hydrogens (tertiary/aromatic N) is 2. The molecule has 5 heteroatoms. The fraction of sp³-hybridized carbons (Fsp3) is 0.333. The maximum atomic E-state index is 11.2. The molecule has 0 aliphatic carbocycles. The van der Waals surface area contributed by atoms with E-state index < -0.39 is 5.97 Å². The molecular weight excluding hydrogens is 256 g/mol. The van der Waals surface area contributed by atoms with Crippen LogP contribution < -0.4 is 4.90 Å². The highest BCUT2D eigenvalue weighted by Crippen LogP contribution is 2.26. The standard InChI is InChI=1S/C15H18N2O3/c1-10(18)7-8-17(2)14-9-13(15(19)20)16-12-6-4-3-5-11(12)14/h3-6,9-10,18H,7-8H2,1-2H3,(H,19,20). The number of pyridine rings is 1. The number of anilines is 1. The van der Waals surface area contributed by atoms with E-state index in [1.807, 2.05) is 30.1 Å². The molecule has 1 heterocycles.